The average Bonchev–Trinajstić information content (AvgIpc) is 2.70. The summed E-state index contributed by atoms with van der Waals surface area (Å²) in [5, 5.41) is 0. The van der Waals surface area contributed by atoms with Crippen LogP contribution < -0.4 is 0 Å². The molecule has 0 radical (unpaired) electrons. The SMILES string of the molecule is FC1(CN2CC=CCC2)CC1. The Morgan fingerprint density at radius 1 is 1.36 bits per heavy atom. The third-order valence-electron chi connectivity index (χ3n) is 2.44. The molecular formula is C9H14FN. The number of alkyl halides is 1. The average molecular weight is 155 g/mol. The van der Waals surface area contributed by atoms with Crippen LogP contribution in [-0.4, -0.2) is 30.2 Å². The first-order chi connectivity index (χ1) is 5.29. The van der Waals surface area contributed by atoms with Crippen molar-refractivity contribution in [3.05, 3.63) is 12.2 Å². The Balaban J connectivity index is 1.81. The maximum Gasteiger partial charge on any atom is 0.123 e. The van der Waals surface area contributed by atoms with E-state index in [9.17, 15) is 4.39 Å². The van der Waals surface area contributed by atoms with Gasteiger partial charge in [-0.15, -0.1) is 0 Å². The molecular weight excluding hydrogens is 141 g/mol. The molecule has 0 N–H and O–H groups in total. The zero-order valence-electron chi connectivity index (χ0n) is 6.72. The Hall–Kier alpha value is -0.370. The summed E-state index contributed by atoms with van der Waals surface area (Å²) in [6.45, 7) is 2.66. The van der Waals surface area contributed by atoms with Crippen molar-refractivity contribution in [3.63, 3.8) is 0 Å². The molecule has 0 aromatic heterocycles. The third-order valence-corrected chi connectivity index (χ3v) is 2.44. The van der Waals surface area contributed by atoms with E-state index in [0.29, 0.717) is 6.54 Å². The standard InChI is InChI=1S/C9H14FN/c10-9(4-5-9)8-11-6-2-1-3-7-11/h1-2H,3-8H2. The van der Waals surface area contributed by atoms with Crippen molar-refractivity contribution in [2.45, 2.75) is 24.9 Å². The lowest BCUT2D eigenvalue weighted by molar-refractivity contribution is 0.186. The van der Waals surface area contributed by atoms with Crippen molar-refractivity contribution in [1.29, 1.82) is 0 Å². The quantitative estimate of drug-likeness (QED) is 0.549. The molecule has 0 atom stereocenters. The van der Waals surface area contributed by atoms with E-state index in [1.165, 1.54) is 0 Å². The molecule has 0 spiro atoms. The lowest BCUT2D eigenvalue weighted by Gasteiger charge is -2.24. The van der Waals surface area contributed by atoms with Crippen LogP contribution in [0.25, 0.3) is 0 Å². The summed E-state index contributed by atoms with van der Waals surface area (Å²) < 4.78 is 13.2. The minimum atomic E-state index is -0.800. The Kier molecular flexibility index (Phi) is 1.72. The van der Waals surface area contributed by atoms with Gasteiger partial charge in [0.1, 0.15) is 5.67 Å². The van der Waals surface area contributed by atoms with Gasteiger partial charge in [0, 0.05) is 19.6 Å². The van der Waals surface area contributed by atoms with Gasteiger partial charge in [0.2, 0.25) is 0 Å². The van der Waals surface area contributed by atoms with Gasteiger partial charge in [-0.25, -0.2) is 4.39 Å². The highest BCUT2D eigenvalue weighted by Gasteiger charge is 2.44. The van der Waals surface area contributed by atoms with E-state index in [-0.39, 0.29) is 0 Å². The van der Waals surface area contributed by atoms with Crippen LogP contribution in [0.3, 0.4) is 0 Å². The molecule has 2 aliphatic rings. The highest BCUT2D eigenvalue weighted by molar-refractivity contribution is 5.00. The molecule has 2 heteroatoms. The molecule has 1 aliphatic heterocycles. The van der Waals surface area contributed by atoms with Crippen LogP contribution in [0, 0.1) is 0 Å². The van der Waals surface area contributed by atoms with Crippen molar-refractivity contribution >= 4 is 0 Å². The van der Waals surface area contributed by atoms with Crippen molar-refractivity contribution in [2.75, 3.05) is 19.6 Å². The molecule has 2 rings (SSSR count). The van der Waals surface area contributed by atoms with E-state index in [2.05, 4.69) is 17.1 Å². The Morgan fingerprint density at radius 2 is 2.18 bits per heavy atom. The summed E-state index contributed by atoms with van der Waals surface area (Å²) in [6.07, 6.45) is 6.97. The van der Waals surface area contributed by atoms with E-state index >= 15 is 0 Å². The van der Waals surface area contributed by atoms with E-state index in [0.717, 1.165) is 32.4 Å². The second-order valence-electron chi connectivity index (χ2n) is 3.65. The summed E-state index contributed by atoms with van der Waals surface area (Å²) in [6, 6.07) is 0. The summed E-state index contributed by atoms with van der Waals surface area (Å²) in [5.74, 6) is 0. The summed E-state index contributed by atoms with van der Waals surface area (Å²) in [5.41, 5.74) is -0.800. The summed E-state index contributed by atoms with van der Waals surface area (Å²) >= 11 is 0. The Labute approximate surface area is 66.9 Å². The molecule has 0 unspecified atom stereocenters. The zero-order chi connectivity index (χ0) is 7.73. The van der Waals surface area contributed by atoms with Crippen molar-refractivity contribution in [3.8, 4) is 0 Å². The fourth-order valence-corrected chi connectivity index (χ4v) is 1.53. The summed E-state index contributed by atoms with van der Waals surface area (Å²) in [7, 11) is 0. The number of hydrogen-bond donors (Lipinski definition) is 0. The molecule has 0 aromatic carbocycles. The van der Waals surface area contributed by atoms with Crippen LogP contribution in [-0.2, 0) is 0 Å². The molecule has 0 bridgehead atoms. The van der Waals surface area contributed by atoms with Crippen molar-refractivity contribution < 1.29 is 4.39 Å². The maximum absolute atomic E-state index is 13.2. The van der Waals surface area contributed by atoms with Gasteiger partial charge in [0.15, 0.2) is 0 Å². The highest BCUT2D eigenvalue weighted by Crippen LogP contribution is 2.40. The third kappa shape index (κ3) is 1.80. The fourth-order valence-electron chi connectivity index (χ4n) is 1.53. The number of halogens is 1. The molecule has 1 aliphatic carbocycles. The predicted molar refractivity (Wildman–Crippen MR) is 43.3 cm³/mol. The Bertz CT molecular complexity index is 172. The monoisotopic (exact) mass is 155 g/mol. The fraction of sp³-hybridized carbons (Fsp3) is 0.778. The van der Waals surface area contributed by atoms with E-state index in [1.54, 1.807) is 0 Å². The first-order valence-corrected chi connectivity index (χ1v) is 4.35. The first-order valence-electron chi connectivity index (χ1n) is 4.35. The first kappa shape index (κ1) is 7.29. The van der Waals surface area contributed by atoms with Gasteiger partial charge in [-0.3, -0.25) is 4.90 Å². The summed E-state index contributed by atoms with van der Waals surface area (Å²) in [4.78, 5) is 2.20. The predicted octanol–water partition coefficient (Wildman–Crippen LogP) is 1.75. The highest BCUT2D eigenvalue weighted by atomic mass is 19.1. The van der Waals surface area contributed by atoms with Gasteiger partial charge in [0.05, 0.1) is 0 Å². The topological polar surface area (TPSA) is 3.24 Å². The van der Waals surface area contributed by atoms with Gasteiger partial charge in [0.25, 0.3) is 0 Å². The largest absolute Gasteiger partial charge is 0.296 e. The smallest absolute Gasteiger partial charge is 0.123 e. The number of rotatable bonds is 2. The minimum absolute atomic E-state index is 0.664. The van der Waals surface area contributed by atoms with Crippen molar-refractivity contribution in [2.24, 2.45) is 0 Å². The molecule has 11 heavy (non-hydrogen) atoms. The van der Waals surface area contributed by atoms with Gasteiger partial charge in [-0.1, -0.05) is 12.2 Å². The van der Waals surface area contributed by atoms with Crippen LogP contribution in [0.2, 0.25) is 0 Å². The van der Waals surface area contributed by atoms with Crippen molar-refractivity contribution in [1.82, 2.24) is 4.90 Å². The molecule has 62 valence electrons. The van der Waals surface area contributed by atoms with E-state index in [1.807, 2.05) is 0 Å². The number of nitrogens with zero attached hydrogens (tertiary/aromatic N) is 1. The normalized spacial score (nSPS) is 28.8. The van der Waals surface area contributed by atoms with Gasteiger partial charge in [-0.05, 0) is 19.3 Å². The van der Waals surface area contributed by atoms with Crippen LogP contribution in [0.15, 0.2) is 12.2 Å². The molecule has 1 saturated carbocycles. The van der Waals surface area contributed by atoms with Gasteiger partial charge < -0.3 is 0 Å². The number of hydrogen-bond acceptors (Lipinski definition) is 1. The lowest BCUT2D eigenvalue weighted by Crippen LogP contribution is -2.34. The Morgan fingerprint density at radius 3 is 2.73 bits per heavy atom. The molecule has 1 fully saturated rings. The second kappa shape index (κ2) is 2.59. The van der Waals surface area contributed by atoms with Crippen LogP contribution >= 0.6 is 0 Å². The van der Waals surface area contributed by atoms with Crippen LogP contribution in [0.5, 0.6) is 0 Å². The lowest BCUT2D eigenvalue weighted by atomic mass is 10.2. The minimum Gasteiger partial charge on any atom is -0.296 e. The van der Waals surface area contributed by atoms with E-state index < -0.39 is 5.67 Å². The molecule has 1 nitrogen and oxygen atoms in total. The molecule has 0 amide bonds. The van der Waals surface area contributed by atoms with Crippen LogP contribution in [0.1, 0.15) is 19.3 Å². The molecule has 0 aromatic rings. The second-order valence-corrected chi connectivity index (χ2v) is 3.65. The zero-order valence-corrected chi connectivity index (χ0v) is 6.72. The molecule has 1 heterocycles. The van der Waals surface area contributed by atoms with Gasteiger partial charge >= 0.3 is 0 Å². The molecule has 0 saturated heterocycles. The van der Waals surface area contributed by atoms with Gasteiger partial charge in [-0.2, -0.15) is 0 Å². The van der Waals surface area contributed by atoms with E-state index in [4.69, 9.17) is 0 Å². The van der Waals surface area contributed by atoms with Crippen LogP contribution in [0.4, 0.5) is 4.39 Å². The maximum atomic E-state index is 13.2.